The maximum atomic E-state index is 4.57. The number of nitrogens with one attached hydrogen (secondary N) is 1. The molecule has 2 aliphatic rings. The third-order valence-corrected chi connectivity index (χ3v) is 4.15. The predicted octanol–water partition coefficient (Wildman–Crippen LogP) is 0.695. The van der Waals surface area contributed by atoms with E-state index in [-0.39, 0.29) is 0 Å². The van der Waals surface area contributed by atoms with Crippen molar-refractivity contribution in [3.63, 3.8) is 0 Å². The third-order valence-electron chi connectivity index (χ3n) is 4.15. The SMILES string of the molecule is CN1CCCC(c2cnc(N3CCNCC3)nc2)C1. The lowest BCUT2D eigenvalue weighted by Crippen LogP contribution is -2.44. The fraction of sp³-hybridized carbons (Fsp3) is 0.714. The molecule has 2 fully saturated rings. The molecule has 2 saturated heterocycles. The van der Waals surface area contributed by atoms with Crippen molar-refractivity contribution in [2.24, 2.45) is 0 Å². The van der Waals surface area contributed by atoms with Gasteiger partial charge < -0.3 is 15.1 Å². The van der Waals surface area contributed by atoms with Gasteiger partial charge in [-0.25, -0.2) is 9.97 Å². The number of piperazine rings is 1. The molecule has 5 heteroatoms. The summed E-state index contributed by atoms with van der Waals surface area (Å²) in [5.74, 6) is 1.49. The summed E-state index contributed by atoms with van der Waals surface area (Å²) in [6.45, 7) is 6.42. The van der Waals surface area contributed by atoms with E-state index in [1.165, 1.54) is 24.9 Å². The number of likely N-dealkylation sites (tertiary alicyclic amines) is 1. The second kappa shape index (κ2) is 5.84. The van der Waals surface area contributed by atoms with Gasteiger partial charge in [0.2, 0.25) is 5.95 Å². The highest BCUT2D eigenvalue weighted by Crippen LogP contribution is 2.25. The van der Waals surface area contributed by atoms with Crippen molar-refractivity contribution >= 4 is 5.95 Å². The van der Waals surface area contributed by atoms with Gasteiger partial charge in [-0.05, 0) is 37.9 Å². The number of hydrogen-bond donors (Lipinski definition) is 1. The standard InChI is InChI=1S/C14H23N5/c1-18-6-2-3-12(11-18)13-9-16-14(17-10-13)19-7-4-15-5-8-19/h9-10,12,15H,2-8,11H2,1H3. The molecule has 1 N–H and O–H groups in total. The van der Waals surface area contributed by atoms with Crippen LogP contribution in [-0.4, -0.2) is 61.2 Å². The van der Waals surface area contributed by atoms with Crippen LogP contribution in [0, 0.1) is 0 Å². The van der Waals surface area contributed by atoms with E-state index in [4.69, 9.17) is 0 Å². The molecule has 0 aromatic carbocycles. The van der Waals surface area contributed by atoms with Crippen LogP contribution in [0.15, 0.2) is 12.4 Å². The van der Waals surface area contributed by atoms with Crippen LogP contribution in [0.1, 0.15) is 24.3 Å². The fourth-order valence-electron chi connectivity index (χ4n) is 3.01. The maximum absolute atomic E-state index is 4.57. The first-order valence-corrected chi connectivity index (χ1v) is 7.29. The van der Waals surface area contributed by atoms with Gasteiger partial charge in [0.15, 0.2) is 0 Å². The Morgan fingerprint density at radius 3 is 2.58 bits per heavy atom. The molecule has 0 saturated carbocycles. The number of hydrogen-bond acceptors (Lipinski definition) is 5. The Balaban J connectivity index is 1.67. The Morgan fingerprint density at radius 1 is 1.16 bits per heavy atom. The van der Waals surface area contributed by atoms with Crippen LogP contribution in [0.4, 0.5) is 5.95 Å². The molecule has 0 amide bonds. The first kappa shape index (κ1) is 12.8. The van der Waals surface area contributed by atoms with E-state index in [1.807, 2.05) is 12.4 Å². The van der Waals surface area contributed by atoms with E-state index >= 15 is 0 Å². The van der Waals surface area contributed by atoms with Crippen LogP contribution < -0.4 is 10.2 Å². The lowest BCUT2D eigenvalue weighted by molar-refractivity contribution is 0.250. The summed E-state index contributed by atoms with van der Waals surface area (Å²) in [6.07, 6.45) is 6.61. The van der Waals surface area contributed by atoms with Gasteiger partial charge in [0.1, 0.15) is 0 Å². The van der Waals surface area contributed by atoms with E-state index in [0.717, 1.165) is 38.7 Å². The minimum Gasteiger partial charge on any atom is -0.338 e. The van der Waals surface area contributed by atoms with Crippen molar-refractivity contribution in [2.45, 2.75) is 18.8 Å². The summed E-state index contributed by atoms with van der Waals surface area (Å²) in [5, 5.41) is 3.35. The summed E-state index contributed by atoms with van der Waals surface area (Å²) >= 11 is 0. The van der Waals surface area contributed by atoms with E-state index in [9.17, 15) is 0 Å². The van der Waals surface area contributed by atoms with Crippen LogP contribution in [0.2, 0.25) is 0 Å². The average molecular weight is 261 g/mol. The highest BCUT2D eigenvalue weighted by atomic mass is 15.3. The zero-order valence-electron chi connectivity index (χ0n) is 11.7. The van der Waals surface area contributed by atoms with E-state index < -0.39 is 0 Å². The summed E-state index contributed by atoms with van der Waals surface area (Å²) in [4.78, 5) is 13.8. The van der Waals surface area contributed by atoms with E-state index in [2.05, 4.69) is 32.1 Å². The van der Waals surface area contributed by atoms with Crippen molar-refractivity contribution in [1.29, 1.82) is 0 Å². The van der Waals surface area contributed by atoms with Gasteiger partial charge in [-0.1, -0.05) is 0 Å². The number of likely N-dealkylation sites (N-methyl/N-ethyl adjacent to an activating group) is 1. The van der Waals surface area contributed by atoms with E-state index in [1.54, 1.807) is 0 Å². The molecule has 3 heterocycles. The molecule has 0 spiro atoms. The average Bonchev–Trinajstić information content (AvgIpc) is 2.48. The van der Waals surface area contributed by atoms with Crippen LogP contribution in [0.3, 0.4) is 0 Å². The quantitative estimate of drug-likeness (QED) is 0.849. The Kier molecular flexibility index (Phi) is 3.94. The summed E-state index contributed by atoms with van der Waals surface area (Å²) in [6, 6.07) is 0. The van der Waals surface area contributed by atoms with Crippen molar-refractivity contribution in [3.8, 4) is 0 Å². The van der Waals surface area contributed by atoms with Crippen LogP contribution in [0.5, 0.6) is 0 Å². The molecule has 3 rings (SSSR count). The van der Waals surface area contributed by atoms with Crippen LogP contribution in [0.25, 0.3) is 0 Å². The first-order chi connectivity index (χ1) is 9.33. The lowest BCUT2D eigenvalue weighted by Gasteiger charge is -2.30. The zero-order valence-corrected chi connectivity index (χ0v) is 11.7. The van der Waals surface area contributed by atoms with Crippen molar-refractivity contribution in [3.05, 3.63) is 18.0 Å². The van der Waals surface area contributed by atoms with Gasteiger partial charge in [0.05, 0.1) is 0 Å². The van der Waals surface area contributed by atoms with Crippen molar-refractivity contribution in [1.82, 2.24) is 20.2 Å². The second-order valence-corrected chi connectivity index (χ2v) is 5.65. The Bertz CT molecular complexity index is 399. The Morgan fingerprint density at radius 2 is 1.89 bits per heavy atom. The number of anilines is 1. The van der Waals surface area contributed by atoms with Gasteiger partial charge >= 0.3 is 0 Å². The van der Waals surface area contributed by atoms with Gasteiger partial charge in [-0.15, -0.1) is 0 Å². The molecule has 104 valence electrons. The van der Waals surface area contributed by atoms with Crippen LogP contribution in [-0.2, 0) is 0 Å². The number of rotatable bonds is 2. The number of nitrogens with zero attached hydrogens (tertiary/aromatic N) is 4. The van der Waals surface area contributed by atoms with Crippen LogP contribution >= 0.6 is 0 Å². The van der Waals surface area contributed by atoms with Gasteiger partial charge in [0, 0.05) is 45.1 Å². The fourth-order valence-corrected chi connectivity index (χ4v) is 3.01. The highest BCUT2D eigenvalue weighted by molar-refractivity contribution is 5.31. The Labute approximate surface area is 115 Å². The monoisotopic (exact) mass is 261 g/mol. The summed E-state index contributed by atoms with van der Waals surface area (Å²) < 4.78 is 0. The highest BCUT2D eigenvalue weighted by Gasteiger charge is 2.20. The number of piperidine rings is 1. The molecule has 1 atom stereocenters. The molecule has 1 aromatic heterocycles. The largest absolute Gasteiger partial charge is 0.338 e. The lowest BCUT2D eigenvalue weighted by atomic mass is 9.93. The van der Waals surface area contributed by atoms with Crippen molar-refractivity contribution < 1.29 is 0 Å². The second-order valence-electron chi connectivity index (χ2n) is 5.65. The molecule has 0 aliphatic carbocycles. The summed E-state index contributed by atoms with van der Waals surface area (Å²) in [7, 11) is 2.20. The zero-order chi connectivity index (χ0) is 13.1. The van der Waals surface area contributed by atoms with E-state index in [0.29, 0.717) is 5.92 Å². The Hall–Kier alpha value is -1.20. The topological polar surface area (TPSA) is 44.3 Å². The summed E-state index contributed by atoms with van der Waals surface area (Å²) in [5.41, 5.74) is 1.30. The molecular formula is C14H23N5. The minimum atomic E-state index is 0.607. The molecule has 0 bridgehead atoms. The molecule has 1 unspecified atom stereocenters. The molecular weight excluding hydrogens is 238 g/mol. The van der Waals surface area contributed by atoms with Gasteiger partial charge in [-0.3, -0.25) is 0 Å². The molecule has 2 aliphatic heterocycles. The van der Waals surface area contributed by atoms with Gasteiger partial charge in [0.25, 0.3) is 0 Å². The number of aromatic nitrogens is 2. The maximum Gasteiger partial charge on any atom is 0.225 e. The normalized spacial score (nSPS) is 25.5. The van der Waals surface area contributed by atoms with Crippen molar-refractivity contribution in [2.75, 3.05) is 51.2 Å². The minimum absolute atomic E-state index is 0.607. The molecule has 0 radical (unpaired) electrons. The predicted molar refractivity (Wildman–Crippen MR) is 76.6 cm³/mol. The molecule has 5 nitrogen and oxygen atoms in total. The van der Waals surface area contributed by atoms with Gasteiger partial charge in [-0.2, -0.15) is 0 Å². The third kappa shape index (κ3) is 3.04. The first-order valence-electron chi connectivity index (χ1n) is 7.29. The molecule has 19 heavy (non-hydrogen) atoms. The molecule has 1 aromatic rings. The smallest absolute Gasteiger partial charge is 0.225 e.